The summed E-state index contributed by atoms with van der Waals surface area (Å²) in [6, 6.07) is 8.38. The van der Waals surface area contributed by atoms with Crippen LogP contribution in [-0.4, -0.2) is 17.1 Å². The molecule has 2 heterocycles. The molecule has 0 saturated carbocycles. The first-order valence-corrected chi connectivity index (χ1v) is 9.16. The maximum absolute atomic E-state index is 5.31. The number of benzene rings is 1. The average molecular weight is 339 g/mol. The molecule has 3 aromatic rings. The van der Waals surface area contributed by atoms with E-state index in [1.54, 1.807) is 7.11 Å². The Labute approximate surface area is 145 Å². The van der Waals surface area contributed by atoms with Crippen molar-refractivity contribution in [3.63, 3.8) is 0 Å². The summed E-state index contributed by atoms with van der Waals surface area (Å²) < 4.78 is 5.31. The second kappa shape index (κ2) is 6.49. The summed E-state index contributed by atoms with van der Waals surface area (Å²) in [5, 5.41) is 4.80. The number of aromatic nitrogens is 2. The van der Waals surface area contributed by atoms with Gasteiger partial charge in [-0.1, -0.05) is 24.3 Å². The molecule has 1 N–H and O–H groups in total. The minimum absolute atomic E-state index is 0.629. The van der Waals surface area contributed by atoms with Gasteiger partial charge in [-0.15, -0.1) is 11.3 Å². The highest BCUT2D eigenvalue weighted by Gasteiger charge is 2.21. The fraction of sp³-hybridized carbons (Fsp3) is 0.368. The van der Waals surface area contributed by atoms with Gasteiger partial charge in [0, 0.05) is 18.5 Å². The molecule has 0 bridgehead atoms. The van der Waals surface area contributed by atoms with Gasteiger partial charge in [-0.2, -0.15) is 0 Å². The van der Waals surface area contributed by atoms with E-state index in [0.717, 1.165) is 29.4 Å². The molecule has 0 amide bonds. The lowest BCUT2D eigenvalue weighted by Crippen LogP contribution is -2.06. The molecule has 0 aliphatic heterocycles. The van der Waals surface area contributed by atoms with Gasteiger partial charge in [0.1, 0.15) is 16.5 Å². The van der Waals surface area contributed by atoms with Crippen LogP contribution in [0.1, 0.15) is 33.8 Å². The van der Waals surface area contributed by atoms with E-state index in [0.29, 0.717) is 6.61 Å². The van der Waals surface area contributed by atoms with Crippen molar-refractivity contribution in [1.29, 1.82) is 0 Å². The highest BCUT2D eigenvalue weighted by molar-refractivity contribution is 7.19. The van der Waals surface area contributed by atoms with E-state index in [1.165, 1.54) is 39.8 Å². The van der Waals surface area contributed by atoms with Crippen molar-refractivity contribution < 1.29 is 4.74 Å². The Morgan fingerprint density at radius 2 is 2.00 bits per heavy atom. The third kappa shape index (κ3) is 2.78. The van der Waals surface area contributed by atoms with E-state index in [9.17, 15) is 0 Å². The first-order valence-electron chi connectivity index (χ1n) is 8.34. The topological polar surface area (TPSA) is 47.0 Å². The first kappa shape index (κ1) is 15.5. The van der Waals surface area contributed by atoms with Crippen LogP contribution in [0.5, 0.6) is 0 Å². The van der Waals surface area contributed by atoms with E-state index in [4.69, 9.17) is 9.72 Å². The van der Waals surface area contributed by atoms with Crippen LogP contribution in [0.3, 0.4) is 0 Å². The monoisotopic (exact) mass is 339 g/mol. The Hall–Kier alpha value is -1.98. The minimum atomic E-state index is 0.629. The maximum Gasteiger partial charge on any atom is 0.139 e. The Kier molecular flexibility index (Phi) is 4.21. The molecule has 1 aromatic carbocycles. The van der Waals surface area contributed by atoms with Gasteiger partial charge in [0.25, 0.3) is 0 Å². The molecule has 1 aliphatic rings. The van der Waals surface area contributed by atoms with Crippen molar-refractivity contribution in [3.8, 4) is 0 Å². The Balaban J connectivity index is 1.68. The fourth-order valence-corrected chi connectivity index (χ4v) is 4.74. The van der Waals surface area contributed by atoms with Crippen molar-refractivity contribution in [2.45, 2.75) is 39.3 Å². The molecule has 1 aliphatic carbocycles. The van der Waals surface area contributed by atoms with Crippen molar-refractivity contribution >= 4 is 27.4 Å². The zero-order valence-corrected chi connectivity index (χ0v) is 14.9. The van der Waals surface area contributed by atoms with Gasteiger partial charge in [-0.3, -0.25) is 0 Å². The van der Waals surface area contributed by atoms with Crippen LogP contribution in [0.15, 0.2) is 24.3 Å². The molecule has 124 valence electrons. The molecule has 24 heavy (non-hydrogen) atoms. The molecular formula is C19H21N3OS. The minimum Gasteiger partial charge on any atom is -0.380 e. The zero-order valence-electron chi connectivity index (χ0n) is 14.1. The van der Waals surface area contributed by atoms with Crippen LogP contribution in [-0.2, 0) is 30.7 Å². The Morgan fingerprint density at radius 3 is 2.83 bits per heavy atom. The van der Waals surface area contributed by atoms with E-state index in [1.807, 2.05) is 18.3 Å². The molecule has 0 unspecified atom stereocenters. The fourth-order valence-electron chi connectivity index (χ4n) is 3.44. The van der Waals surface area contributed by atoms with Gasteiger partial charge in [0.15, 0.2) is 0 Å². The number of hydrogen-bond acceptors (Lipinski definition) is 5. The molecule has 4 nitrogen and oxygen atoms in total. The first-order chi connectivity index (χ1) is 11.8. The van der Waals surface area contributed by atoms with Crippen LogP contribution in [0.4, 0.5) is 5.82 Å². The van der Waals surface area contributed by atoms with E-state index in [-0.39, 0.29) is 0 Å². The largest absolute Gasteiger partial charge is 0.380 e. The lowest BCUT2D eigenvalue weighted by atomic mass is 10.1. The van der Waals surface area contributed by atoms with E-state index < -0.39 is 0 Å². The van der Waals surface area contributed by atoms with Crippen molar-refractivity contribution in [2.24, 2.45) is 0 Å². The molecule has 0 radical (unpaired) electrons. The second-order valence-electron chi connectivity index (χ2n) is 6.21. The summed E-state index contributed by atoms with van der Waals surface area (Å²) in [5.74, 6) is 1.80. The molecular weight excluding hydrogens is 318 g/mol. The highest BCUT2D eigenvalue weighted by Crippen LogP contribution is 2.39. The van der Waals surface area contributed by atoms with Crippen LogP contribution < -0.4 is 5.32 Å². The molecule has 0 saturated heterocycles. The predicted octanol–water partition coefficient (Wildman–Crippen LogP) is 4.25. The van der Waals surface area contributed by atoms with Gasteiger partial charge < -0.3 is 10.1 Å². The van der Waals surface area contributed by atoms with Crippen LogP contribution in [0, 0.1) is 6.92 Å². The standard InChI is InChI=1S/C19H21N3OS/c1-12-21-18(17-15-8-5-9-16(15)24-19(17)22-12)20-10-13-6-3-4-7-14(13)11-23-2/h3-4,6-7H,5,8-11H2,1-2H3,(H,20,21,22). The summed E-state index contributed by atoms with van der Waals surface area (Å²) in [5.41, 5.74) is 3.92. The van der Waals surface area contributed by atoms with Gasteiger partial charge in [-0.05, 0) is 42.9 Å². The third-order valence-corrected chi connectivity index (χ3v) is 5.73. The summed E-state index contributed by atoms with van der Waals surface area (Å²) in [6.45, 7) is 3.34. The van der Waals surface area contributed by atoms with Crippen molar-refractivity contribution in [2.75, 3.05) is 12.4 Å². The molecule has 0 atom stereocenters. The number of ether oxygens (including phenoxy) is 1. The average Bonchev–Trinajstić information content (AvgIpc) is 3.14. The molecule has 5 heteroatoms. The predicted molar refractivity (Wildman–Crippen MR) is 98.7 cm³/mol. The smallest absolute Gasteiger partial charge is 0.139 e. The van der Waals surface area contributed by atoms with Crippen LogP contribution in [0.25, 0.3) is 10.2 Å². The number of thiophene rings is 1. The molecule has 0 spiro atoms. The summed E-state index contributed by atoms with van der Waals surface area (Å²) in [6.07, 6.45) is 3.59. The molecule has 0 fully saturated rings. The Bertz CT molecular complexity index is 888. The quantitative estimate of drug-likeness (QED) is 0.755. The summed E-state index contributed by atoms with van der Waals surface area (Å²) in [4.78, 5) is 12.0. The van der Waals surface area contributed by atoms with Crippen molar-refractivity contribution in [3.05, 3.63) is 51.7 Å². The number of rotatable bonds is 5. The van der Waals surface area contributed by atoms with Crippen LogP contribution >= 0.6 is 11.3 Å². The summed E-state index contributed by atoms with van der Waals surface area (Å²) in [7, 11) is 1.73. The van der Waals surface area contributed by atoms with E-state index in [2.05, 4.69) is 34.6 Å². The summed E-state index contributed by atoms with van der Waals surface area (Å²) >= 11 is 1.84. The maximum atomic E-state index is 5.31. The number of nitrogens with one attached hydrogen (secondary N) is 1. The third-order valence-electron chi connectivity index (χ3n) is 4.54. The number of anilines is 1. The number of methoxy groups -OCH3 is 1. The van der Waals surface area contributed by atoms with Crippen molar-refractivity contribution in [1.82, 2.24) is 9.97 Å². The second-order valence-corrected chi connectivity index (χ2v) is 7.30. The van der Waals surface area contributed by atoms with Crippen LogP contribution in [0.2, 0.25) is 0 Å². The lowest BCUT2D eigenvalue weighted by Gasteiger charge is -2.12. The number of fused-ring (bicyclic) bond motifs is 3. The number of hydrogen-bond donors (Lipinski definition) is 1. The van der Waals surface area contributed by atoms with Gasteiger partial charge >= 0.3 is 0 Å². The van der Waals surface area contributed by atoms with Gasteiger partial charge in [0.05, 0.1) is 12.0 Å². The number of aryl methyl sites for hydroxylation is 3. The highest BCUT2D eigenvalue weighted by atomic mass is 32.1. The number of nitrogens with zero attached hydrogens (tertiary/aromatic N) is 2. The van der Waals surface area contributed by atoms with Gasteiger partial charge in [0.2, 0.25) is 0 Å². The van der Waals surface area contributed by atoms with Gasteiger partial charge in [-0.25, -0.2) is 9.97 Å². The normalized spacial score (nSPS) is 13.4. The van der Waals surface area contributed by atoms with E-state index >= 15 is 0 Å². The molecule has 4 rings (SSSR count). The molecule has 2 aromatic heterocycles. The lowest BCUT2D eigenvalue weighted by molar-refractivity contribution is 0.184. The SMILES string of the molecule is COCc1ccccc1CNc1nc(C)nc2sc3c(c12)CCC3. The Morgan fingerprint density at radius 1 is 1.17 bits per heavy atom. The zero-order chi connectivity index (χ0) is 16.5.